The highest BCUT2D eigenvalue weighted by atomic mass is 16.6. The standard InChI is InChI=1S/C14H21N5O2/c1-2-15-13-4-3-12(19(20)21)14(17-13)16-11-9-18-7-5-10(11)6-8-18/h3-4,10-11H,2,5-9H2,1H3,(H2,15,16,17). The summed E-state index contributed by atoms with van der Waals surface area (Å²) in [7, 11) is 0. The first-order valence-corrected chi connectivity index (χ1v) is 7.55. The Hall–Kier alpha value is -1.89. The van der Waals surface area contributed by atoms with E-state index in [2.05, 4.69) is 20.5 Å². The molecule has 3 fully saturated rings. The van der Waals surface area contributed by atoms with Crippen LogP contribution < -0.4 is 10.6 Å². The Balaban J connectivity index is 1.82. The summed E-state index contributed by atoms with van der Waals surface area (Å²) < 4.78 is 0. The Bertz CT molecular complexity index is 528. The minimum Gasteiger partial charge on any atom is -0.370 e. The van der Waals surface area contributed by atoms with Gasteiger partial charge in [-0.1, -0.05) is 0 Å². The van der Waals surface area contributed by atoms with Gasteiger partial charge in [0.15, 0.2) is 0 Å². The topological polar surface area (TPSA) is 83.3 Å². The molecule has 7 heteroatoms. The summed E-state index contributed by atoms with van der Waals surface area (Å²) in [6.07, 6.45) is 2.33. The molecule has 7 nitrogen and oxygen atoms in total. The van der Waals surface area contributed by atoms with Crippen molar-refractivity contribution in [2.24, 2.45) is 5.92 Å². The number of nitrogens with zero attached hydrogens (tertiary/aromatic N) is 3. The smallest absolute Gasteiger partial charge is 0.311 e. The zero-order valence-electron chi connectivity index (χ0n) is 12.2. The summed E-state index contributed by atoms with van der Waals surface area (Å²) in [4.78, 5) is 17.6. The van der Waals surface area contributed by atoms with Crippen LogP contribution in [0.2, 0.25) is 0 Å². The lowest BCUT2D eigenvalue weighted by Gasteiger charge is -2.45. The molecule has 114 valence electrons. The van der Waals surface area contributed by atoms with Crippen LogP contribution >= 0.6 is 0 Å². The van der Waals surface area contributed by atoms with Crippen molar-refractivity contribution in [2.45, 2.75) is 25.8 Å². The molecule has 0 aliphatic carbocycles. The Morgan fingerprint density at radius 2 is 2.19 bits per heavy atom. The molecular formula is C14H21N5O2. The van der Waals surface area contributed by atoms with E-state index < -0.39 is 0 Å². The zero-order valence-corrected chi connectivity index (χ0v) is 12.2. The fourth-order valence-electron chi connectivity index (χ4n) is 3.29. The number of nitro groups is 1. The minimum atomic E-state index is -0.369. The van der Waals surface area contributed by atoms with Crippen molar-refractivity contribution < 1.29 is 4.92 Å². The number of pyridine rings is 1. The number of anilines is 2. The fourth-order valence-corrected chi connectivity index (χ4v) is 3.29. The average Bonchev–Trinajstić information content (AvgIpc) is 2.49. The molecule has 3 aliphatic heterocycles. The molecule has 2 N–H and O–H groups in total. The molecule has 0 spiro atoms. The number of piperidine rings is 3. The van der Waals surface area contributed by atoms with Crippen LogP contribution in [0.15, 0.2) is 12.1 Å². The molecule has 0 aromatic carbocycles. The van der Waals surface area contributed by atoms with Crippen LogP contribution in [0, 0.1) is 16.0 Å². The predicted octanol–water partition coefficient (Wildman–Crippen LogP) is 1.93. The molecule has 21 heavy (non-hydrogen) atoms. The number of fused-ring (bicyclic) bond motifs is 3. The second-order valence-corrected chi connectivity index (χ2v) is 5.74. The summed E-state index contributed by atoms with van der Waals surface area (Å²) >= 11 is 0. The molecule has 4 heterocycles. The second kappa shape index (κ2) is 5.85. The van der Waals surface area contributed by atoms with Crippen molar-refractivity contribution in [3.8, 4) is 0 Å². The Labute approximate surface area is 123 Å². The summed E-state index contributed by atoms with van der Waals surface area (Å²) in [6.45, 7) is 5.97. The van der Waals surface area contributed by atoms with E-state index in [0.29, 0.717) is 17.6 Å². The third-order valence-electron chi connectivity index (χ3n) is 4.41. The molecule has 2 bridgehead atoms. The van der Waals surface area contributed by atoms with Crippen LogP contribution in [0.1, 0.15) is 19.8 Å². The first-order chi connectivity index (χ1) is 10.2. The molecule has 1 aromatic heterocycles. The SMILES string of the molecule is CCNc1ccc([N+](=O)[O-])c(NC2CN3CCC2CC3)n1. The molecule has 1 aromatic rings. The Morgan fingerprint density at radius 1 is 1.43 bits per heavy atom. The van der Waals surface area contributed by atoms with Crippen LogP contribution in [0.4, 0.5) is 17.3 Å². The highest BCUT2D eigenvalue weighted by Crippen LogP contribution is 2.32. The van der Waals surface area contributed by atoms with Gasteiger partial charge in [-0.3, -0.25) is 10.1 Å². The van der Waals surface area contributed by atoms with Gasteiger partial charge in [0.05, 0.1) is 4.92 Å². The van der Waals surface area contributed by atoms with Crippen molar-refractivity contribution in [1.82, 2.24) is 9.88 Å². The quantitative estimate of drug-likeness (QED) is 0.637. The first kappa shape index (κ1) is 14.1. The summed E-state index contributed by atoms with van der Waals surface area (Å²) in [6, 6.07) is 3.44. The number of nitrogens with one attached hydrogen (secondary N) is 2. The fraction of sp³-hybridized carbons (Fsp3) is 0.643. The second-order valence-electron chi connectivity index (χ2n) is 5.74. The average molecular weight is 291 g/mol. The molecule has 0 radical (unpaired) electrons. The van der Waals surface area contributed by atoms with Gasteiger partial charge in [0.2, 0.25) is 5.82 Å². The van der Waals surface area contributed by atoms with E-state index in [1.165, 1.54) is 18.9 Å². The Kier molecular flexibility index (Phi) is 3.92. The van der Waals surface area contributed by atoms with Crippen LogP contribution in [-0.4, -0.2) is 47.0 Å². The van der Waals surface area contributed by atoms with Gasteiger partial charge in [-0.2, -0.15) is 0 Å². The molecule has 4 rings (SSSR count). The van der Waals surface area contributed by atoms with E-state index in [0.717, 1.165) is 26.2 Å². The predicted molar refractivity (Wildman–Crippen MR) is 81.6 cm³/mol. The molecule has 0 amide bonds. The van der Waals surface area contributed by atoms with E-state index in [1.54, 1.807) is 6.07 Å². The molecule has 3 saturated heterocycles. The van der Waals surface area contributed by atoms with E-state index in [-0.39, 0.29) is 16.7 Å². The third-order valence-corrected chi connectivity index (χ3v) is 4.41. The highest BCUT2D eigenvalue weighted by molar-refractivity contribution is 5.60. The van der Waals surface area contributed by atoms with Crippen molar-refractivity contribution in [3.05, 3.63) is 22.2 Å². The van der Waals surface area contributed by atoms with Crippen LogP contribution in [-0.2, 0) is 0 Å². The molecule has 1 unspecified atom stereocenters. The van der Waals surface area contributed by atoms with Gasteiger partial charge in [0.1, 0.15) is 5.82 Å². The van der Waals surface area contributed by atoms with Gasteiger partial charge >= 0.3 is 5.69 Å². The summed E-state index contributed by atoms with van der Waals surface area (Å²) in [5.41, 5.74) is 0.0492. The lowest BCUT2D eigenvalue weighted by Crippen LogP contribution is -2.53. The highest BCUT2D eigenvalue weighted by Gasteiger charge is 2.35. The van der Waals surface area contributed by atoms with Crippen molar-refractivity contribution >= 4 is 17.3 Å². The van der Waals surface area contributed by atoms with Crippen LogP contribution in [0.5, 0.6) is 0 Å². The third kappa shape index (κ3) is 2.92. The molecule has 1 atom stereocenters. The zero-order chi connectivity index (χ0) is 14.8. The first-order valence-electron chi connectivity index (χ1n) is 7.55. The summed E-state index contributed by atoms with van der Waals surface area (Å²) in [5.74, 6) is 1.66. The summed E-state index contributed by atoms with van der Waals surface area (Å²) in [5, 5.41) is 17.6. The van der Waals surface area contributed by atoms with Gasteiger partial charge in [-0.25, -0.2) is 4.98 Å². The van der Waals surface area contributed by atoms with E-state index in [1.807, 2.05) is 6.92 Å². The number of aromatic nitrogens is 1. The van der Waals surface area contributed by atoms with Crippen molar-refractivity contribution in [2.75, 3.05) is 36.8 Å². The number of rotatable bonds is 5. The minimum absolute atomic E-state index is 0.0492. The number of hydrogen-bond acceptors (Lipinski definition) is 6. The van der Waals surface area contributed by atoms with E-state index in [4.69, 9.17) is 0 Å². The van der Waals surface area contributed by atoms with Gasteiger partial charge in [-0.05, 0) is 44.8 Å². The number of hydrogen-bond donors (Lipinski definition) is 2. The van der Waals surface area contributed by atoms with Gasteiger partial charge in [-0.15, -0.1) is 0 Å². The lowest BCUT2D eigenvalue weighted by molar-refractivity contribution is -0.384. The van der Waals surface area contributed by atoms with Gasteiger partial charge in [0, 0.05) is 25.2 Å². The largest absolute Gasteiger partial charge is 0.370 e. The lowest BCUT2D eigenvalue weighted by atomic mass is 9.84. The van der Waals surface area contributed by atoms with Crippen LogP contribution in [0.25, 0.3) is 0 Å². The molecular weight excluding hydrogens is 270 g/mol. The maximum Gasteiger partial charge on any atom is 0.311 e. The van der Waals surface area contributed by atoms with Gasteiger partial charge in [0.25, 0.3) is 0 Å². The molecule has 0 saturated carbocycles. The normalized spacial score (nSPS) is 27.4. The van der Waals surface area contributed by atoms with Gasteiger partial charge < -0.3 is 15.5 Å². The maximum absolute atomic E-state index is 11.2. The van der Waals surface area contributed by atoms with E-state index >= 15 is 0 Å². The molecule has 3 aliphatic rings. The maximum atomic E-state index is 11.2. The monoisotopic (exact) mass is 291 g/mol. The van der Waals surface area contributed by atoms with Crippen molar-refractivity contribution in [1.29, 1.82) is 0 Å². The van der Waals surface area contributed by atoms with Crippen LogP contribution in [0.3, 0.4) is 0 Å². The van der Waals surface area contributed by atoms with E-state index in [9.17, 15) is 10.1 Å². The Morgan fingerprint density at radius 3 is 2.76 bits per heavy atom. The van der Waals surface area contributed by atoms with Crippen molar-refractivity contribution in [3.63, 3.8) is 0 Å².